The maximum Gasteiger partial charge on any atom is 0.119 e. The number of phenols is 1. The second kappa shape index (κ2) is 3.27. The number of rotatable bonds is 1. The lowest BCUT2D eigenvalue weighted by molar-refractivity contribution is 0.470. The number of phenolic OH excluding ortho intramolecular Hbond substituents is 1. The lowest BCUT2D eigenvalue weighted by atomic mass is 10.0. The summed E-state index contributed by atoms with van der Waals surface area (Å²) in [7, 11) is 0. The van der Waals surface area contributed by atoms with Gasteiger partial charge in [-0.3, -0.25) is 0 Å². The number of aryl methyl sites for hydroxylation is 1. The normalized spacial score (nSPS) is 9.42. The minimum atomic E-state index is 0.278. The first-order valence-electron chi connectivity index (χ1n) is 3.81. The van der Waals surface area contributed by atoms with Crippen LogP contribution in [0.2, 0.25) is 0 Å². The minimum Gasteiger partial charge on any atom is -0.508 e. The predicted octanol–water partition coefficient (Wildman–Crippen LogP) is 2.08. The third kappa shape index (κ3) is 1.57. The van der Waals surface area contributed by atoms with E-state index < -0.39 is 0 Å². The molecule has 0 aliphatic heterocycles. The van der Waals surface area contributed by atoms with Crippen molar-refractivity contribution >= 4 is 0 Å². The lowest BCUT2D eigenvalue weighted by Crippen LogP contribution is -1.89. The van der Waals surface area contributed by atoms with Crippen molar-refractivity contribution in [2.75, 3.05) is 0 Å². The molecule has 0 aromatic heterocycles. The topological polar surface area (TPSA) is 44.0 Å². The molecular weight excluding hydrogens is 150 g/mol. The van der Waals surface area contributed by atoms with Crippen LogP contribution < -0.4 is 0 Å². The smallest absolute Gasteiger partial charge is 0.119 e. The van der Waals surface area contributed by atoms with Crippen LogP contribution in [0.15, 0.2) is 12.1 Å². The standard InChI is InChI=1S/C10H11NO/c1-7-5-9(3-4-11)8(2)10(12)6-7/h5-6,12H,3H2,1-2H3. The number of aromatic hydroxyl groups is 1. The quantitative estimate of drug-likeness (QED) is 0.685. The highest BCUT2D eigenvalue weighted by molar-refractivity contribution is 5.42. The zero-order valence-corrected chi connectivity index (χ0v) is 7.26. The first-order chi connectivity index (χ1) is 5.65. The fraction of sp³-hybridized carbons (Fsp3) is 0.300. The van der Waals surface area contributed by atoms with Crippen molar-refractivity contribution in [2.24, 2.45) is 0 Å². The number of hydrogen-bond acceptors (Lipinski definition) is 2. The maximum atomic E-state index is 9.40. The highest BCUT2D eigenvalue weighted by atomic mass is 16.3. The molecule has 0 unspecified atom stereocenters. The molecule has 2 heteroatoms. The van der Waals surface area contributed by atoms with Gasteiger partial charge in [0.05, 0.1) is 12.5 Å². The fourth-order valence-corrected chi connectivity index (χ4v) is 1.18. The summed E-state index contributed by atoms with van der Waals surface area (Å²) in [6.45, 7) is 3.72. The van der Waals surface area contributed by atoms with Gasteiger partial charge >= 0.3 is 0 Å². The van der Waals surface area contributed by atoms with Gasteiger partial charge in [0.1, 0.15) is 5.75 Å². The zero-order chi connectivity index (χ0) is 9.14. The molecule has 0 aliphatic rings. The molecule has 0 aliphatic carbocycles. The Kier molecular flexibility index (Phi) is 2.35. The van der Waals surface area contributed by atoms with E-state index in [1.165, 1.54) is 0 Å². The molecule has 0 saturated carbocycles. The Hall–Kier alpha value is -1.49. The van der Waals surface area contributed by atoms with E-state index in [0.717, 1.165) is 16.7 Å². The monoisotopic (exact) mass is 161 g/mol. The summed E-state index contributed by atoms with van der Waals surface area (Å²) in [6.07, 6.45) is 0.362. The summed E-state index contributed by atoms with van der Waals surface area (Å²) in [5.74, 6) is 0.278. The molecule has 1 aromatic rings. The zero-order valence-electron chi connectivity index (χ0n) is 7.26. The van der Waals surface area contributed by atoms with Crippen molar-refractivity contribution in [1.29, 1.82) is 5.26 Å². The summed E-state index contributed by atoms with van der Waals surface area (Å²) < 4.78 is 0. The Labute approximate surface area is 72.1 Å². The second-order valence-corrected chi connectivity index (χ2v) is 2.90. The van der Waals surface area contributed by atoms with E-state index in [1.54, 1.807) is 6.07 Å². The van der Waals surface area contributed by atoms with E-state index in [2.05, 4.69) is 6.07 Å². The average molecular weight is 161 g/mol. The molecule has 0 amide bonds. The van der Waals surface area contributed by atoms with E-state index >= 15 is 0 Å². The van der Waals surface area contributed by atoms with Crippen LogP contribution in [-0.4, -0.2) is 5.11 Å². The summed E-state index contributed by atoms with van der Waals surface area (Å²) >= 11 is 0. The molecule has 62 valence electrons. The number of nitrogens with zero attached hydrogens (tertiary/aromatic N) is 1. The van der Waals surface area contributed by atoms with E-state index in [0.29, 0.717) is 6.42 Å². The Morgan fingerprint density at radius 2 is 2.08 bits per heavy atom. The van der Waals surface area contributed by atoms with Crippen LogP contribution in [0.4, 0.5) is 0 Å². The van der Waals surface area contributed by atoms with Crippen molar-refractivity contribution in [2.45, 2.75) is 20.3 Å². The third-order valence-corrected chi connectivity index (χ3v) is 1.90. The number of hydrogen-bond donors (Lipinski definition) is 1. The van der Waals surface area contributed by atoms with Crippen molar-refractivity contribution in [3.63, 3.8) is 0 Å². The minimum absolute atomic E-state index is 0.278. The Morgan fingerprint density at radius 1 is 1.42 bits per heavy atom. The molecule has 0 radical (unpaired) electrons. The number of benzene rings is 1. The molecule has 12 heavy (non-hydrogen) atoms. The van der Waals surface area contributed by atoms with Crippen LogP contribution in [0.3, 0.4) is 0 Å². The van der Waals surface area contributed by atoms with Gasteiger partial charge in [0.2, 0.25) is 0 Å². The average Bonchev–Trinajstić information content (AvgIpc) is 2.00. The molecule has 1 rings (SSSR count). The Balaban J connectivity index is 3.20. The summed E-state index contributed by atoms with van der Waals surface area (Å²) in [4.78, 5) is 0. The Morgan fingerprint density at radius 3 is 2.67 bits per heavy atom. The van der Waals surface area contributed by atoms with Crippen LogP contribution in [0.5, 0.6) is 5.75 Å². The highest BCUT2D eigenvalue weighted by Gasteiger charge is 2.03. The van der Waals surface area contributed by atoms with Crippen molar-refractivity contribution < 1.29 is 5.11 Å². The Bertz CT molecular complexity index is 336. The van der Waals surface area contributed by atoms with Gasteiger partial charge in [0.25, 0.3) is 0 Å². The summed E-state index contributed by atoms with van der Waals surface area (Å²) in [6, 6.07) is 5.70. The van der Waals surface area contributed by atoms with Gasteiger partial charge in [-0.25, -0.2) is 0 Å². The summed E-state index contributed by atoms with van der Waals surface area (Å²) in [5.41, 5.74) is 2.71. The van der Waals surface area contributed by atoms with Gasteiger partial charge < -0.3 is 5.11 Å². The van der Waals surface area contributed by atoms with E-state index in [9.17, 15) is 5.11 Å². The van der Waals surface area contributed by atoms with Crippen LogP contribution in [-0.2, 0) is 6.42 Å². The molecule has 1 aromatic carbocycles. The number of nitriles is 1. The maximum absolute atomic E-state index is 9.40. The summed E-state index contributed by atoms with van der Waals surface area (Å²) in [5, 5.41) is 17.9. The molecule has 0 heterocycles. The molecule has 0 bridgehead atoms. The predicted molar refractivity (Wildman–Crippen MR) is 46.9 cm³/mol. The largest absolute Gasteiger partial charge is 0.508 e. The van der Waals surface area contributed by atoms with Crippen molar-refractivity contribution in [1.82, 2.24) is 0 Å². The van der Waals surface area contributed by atoms with Crippen LogP contribution >= 0.6 is 0 Å². The molecular formula is C10H11NO. The van der Waals surface area contributed by atoms with Gasteiger partial charge in [-0.05, 0) is 36.6 Å². The molecule has 0 saturated heterocycles. The third-order valence-electron chi connectivity index (χ3n) is 1.90. The highest BCUT2D eigenvalue weighted by Crippen LogP contribution is 2.22. The molecule has 0 spiro atoms. The van der Waals surface area contributed by atoms with Crippen LogP contribution in [0.25, 0.3) is 0 Å². The molecule has 1 N–H and O–H groups in total. The first-order valence-corrected chi connectivity index (χ1v) is 3.81. The lowest BCUT2D eigenvalue weighted by Gasteiger charge is -2.05. The molecule has 0 fully saturated rings. The van der Waals surface area contributed by atoms with Gasteiger partial charge in [-0.15, -0.1) is 0 Å². The van der Waals surface area contributed by atoms with Gasteiger partial charge in [0.15, 0.2) is 0 Å². The van der Waals surface area contributed by atoms with E-state index in [1.807, 2.05) is 19.9 Å². The molecule has 2 nitrogen and oxygen atoms in total. The van der Waals surface area contributed by atoms with E-state index in [-0.39, 0.29) is 5.75 Å². The van der Waals surface area contributed by atoms with Gasteiger partial charge in [0, 0.05) is 0 Å². The molecule has 0 atom stereocenters. The fourth-order valence-electron chi connectivity index (χ4n) is 1.18. The first kappa shape index (κ1) is 8.61. The van der Waals surface area contributed by atoms with Crippen molar-refractivity contribution in [3.8, 4) is 11.8 Å². The van der Waals surface area contributed by atoms with Crippen LogP contribution in [0.1, 0.15) is 16.7 Å². The van der Waals surface area contributed by atoms with Crippen LogP contribution in [0, 0.1) is 25.2 Å². The van der Waals surface area contributed by atoms with E-state index in [4.69, 9.17) is 5.26 Å². The SMILES string of the molecule is Cc1cc(O)c(C)c(CC#N)c1. The van der Waals surface area contributed by atoms with Gasteiger partial charge in [-0.2, -0.15) is 5.26 Å². The van der Waals surface area contributed by atoms with Crippen molar-refractivity contribution in [3.05, 3.63) is 28.8 Å². The van der Waals surface area contributed by atoms with Gasteiger partial charge in [-0.1, -0.05) is 6.07 Å². The second-order valence-electron chi connectivity index (χ2n) is 2.90.